The van der Waals surface area contributed by atoms with Crippen LogP contribution in [0.2, 0.25) is 0 Å². The lowest BCUT2D eigenvalue weighted by Crippen LogP contribution is -2.08. The Hall–Kier alpha value is -1.78. The van der Waals surface area contributed by atoms with Crippen LogP contribution < -0.4 is 0 Å². The normalized spacial score (nSPS) is 11.2. The molecular weight excluding hydrogens is 289 g/mol. The molecule has 20 heavy (non-hydrogen) atoms. The Balaban J connectivity index is 2.04. The van der Waals surface area contributed by atoms with E-state index in [0.29, 0.717) is 6.42 Å². The maximum atomic E-state index is 12.4. The summed E-state index contributed by atoms with van der Waals surface area (Å²) in [6, 6.07) is 2.76. The Morgan fingerprint density at radius 2 is 2.20 bits per heavy atom. The molecule has 0 aromatic carbocycles. The first-order valence-corrected chi connectivity index (χ1v) is 6.65. The third-order valence-electron chi connectivity index (χ3n) is 2.37. The molecule has 0 amide bonds. The molecule has 106 valence electrons. The van der Waals surface area contributed by atoms with Crippen molar-refractivity contribution in [3.8, 4) is 11.8 Å². The molecule has 0 fully saturated rings. The van der Waals surface area contributed by atoms with Gasteiger partial charge >= 0.3 is 6.18 Å². The zero-order chi connectivity index (χ0) is 14.6. The van der Waals surface area contributed by atoms with Crippen molar-refractivity contribution >= 4 is 11.3 Å². The lowest BCUT2D eigenvalue weighted by Gasteiger charge is -2.01. The van der Waals surface area contributed by atoms with Crippen molar-refractivity contribution < 1.29 is 18.3 Å². The zero-order valence-corrected chi connectivity index (χ0v) is 11.1. The van der Waals surface area contributed by atoms with Crippen molar-refractivity contribution in [2.45, 2.75) is 19.1 Å². The predicted molar refractivity (Wildman–Crippen MR) is 69.2 cm³/mol. The molecule has 0 aliphatic carbocycles. The van der Waals surface area contributed by atoms with Gasteiger partial charge in [0, 0.05) is 28.4 Å². The molecule has 0 bridgehead atoms. The third-order valence-corrected chi connectivity index (χ3v) is 3.29. The van der Waals surface area contributed by atoms with Crippen LogP contribution in [0.25, 0.3) is 0 Å². The number of rotatable bonds is 3. The fraction of sp³-hybridized carbons (Fsp3) is 0.308. The number of halogens is 3. The van der Waals surface area contributed by atoms with Gasteiger partial charge in [0.15, 0.2) is 5.69 Å². The molecule has 0 atom stereocenters. The smallest absolute Gasteiger partial charge is 0.395 e. The summed E-state index contributed by atoms with van der Waals surface area (Å²) in [6.45, 7) is 0.292. The van der Waals surface area contributed by atoms with Gasteiger partial charge in [0.1, 0.15) is 0 Å². The summed E-state index contributed by atoms with van der Waals surface area (Å²) in [4.78, 5) is 0.870. The fourth-order valence-corrected chi connectivity index (χ4v) is 2.32. The number of aromatic nitrogens is 2. The molecule has 2 aromatic heterocycles. The molecule has 0 radical (unpaired) electrons. The molecule has 0 aliphatic heterocycles. The van der Waals surface area contributed by atoms with Gasteiger partial charge in [-0.15, -0.1) is 11.3 Å². The SMILES string of the molecule is OCCC#Cc1csc(Cn2ccc(C(F)(F)F)n2)c1. The largest absolute Gasteiger partial charge is 0.435 e. The molecule has 2 heterocycles. The van der Waals surface area contributed by atoms with Crippen LogP contribution in [0.3, 0.4) is 0 Å². The summed E-state index contributed by atoms with van der Waals surface area (Å²) in [5, 5.41) is 13.9. The highest BCUT2D eigenvalue weighted by Gasteiger charge is 2.33. The first kappa shape index (κ1) is 14.6. The molecular formula is C13H11F3N2OS. The molecule has 3 nitrogen and oxygen atoms in total. The number of hydrogen-bond donors (Lipinski definition) is 1. The number of aliphatic hydroxyl groups excluding tert-OH is 1. The fourth-order valence-electron chi connectivity index (χ4n) is 1.51. The van der Waals surface area contributed by atoms with Crippen LogP contribution in [0.1, 0.15) is 22.6 Å². The van der Waals surface area contributed by atoms with E-state index in [0.717, 1.165) is 16.5 Å². The van der Waals surface area contributed by atoms with E-state index in [1.54, 1.807) is 0 Å². The van der Waals surface area contributed by atoms with Gasteiger partial charge in [0.05, 0.1) is 13.2 Å². The van der Waals surface area contributed by atoms with Gasteiger partial charge in [-0.3, -0.25) is 4.68 Å². The Labute approximate surface area is 117 Å². The van der Waals surface area contributed by atoms with Gasteiger partial charge in [-0.25, -0.2) is 0 Å². The highest BCUT2D eigenvalue weighted by molar-refractivity contribution is 7.10. The Kier molecular flexibility index (Phi) is 4.47. The third kappa shape index (κ3) is 3.85. The number of thiophene rings is 1. The zero-order valence-electron chi connectivity index (χ0n) is 10.3. The maximum absolute atomic E-state index is 12.4. The van der Waals surface area contributed by atoms with Crippen molar-refractivity contribution in [1.82, 2.24) is 9.78 Å². The van der Waals surface area contributed by atoms with E-state index in [9.17, 15) is 13.2 Å². The number of hydrogen-bond acceptors (Lipinski definition) is 3. The number of aliphatic hydroxyl groups is 1. The van der Waals surface area contributed by atoms with E-state index in [1.165, 1.54) is 22.2 Å². The quantitative estimate of drug-likeness (QED) is 0.885. The second-order valence-electron chi connectivity index (χ2n) is 3.97. The van der Waals surface area contributed by atoms with Crippen LogP contribution in [-0.4, -0.2) is 21.5 Å². The Bertz CT molecular complexity index is 634. The molecule has 0 spiro atoms. The predicted octanol–water partition coefficient (Wildman–Crippen LogP) is 2.75. The first-order chi connectivity index (χ1) is 9.49. The monoisotopic (exact) mass is 300 g/mol. The van der Waals surface area contributed by atoms with E-state index < -0.39 is 11.9 Å². The van der Waals surface area contributed by atoms with Crippen LogP contribution in [0.5, 0.6) is 0 Å². The molecule has 0 saturated carbocycles. The average molecular weight is 300 g/mol. The van der Waals surface area contributed by atoms with E-state index in [-0.39, 0.29) is 13.2 Å². The van der Waals surface area contributed by atoms with Gasteiger partial charge in [0.2, 0.25) is 0 Å². The molecule has 7 heteroatoms. The minimum atomic E-state index is -4.42. The lowest BCUT2D eigenvalue weighted by molar-refractivity contribution is -0.141. The summed E-state index contributed by atoms with van der Waals surface area (Å²) < 4.78 is 38.5. The van der Waals surface area contributed by atoms with Crippen molar-refractivity contribution in [3.63, 3.8) is 0 Å². The minimum absolute atomic E-state index is 0.0114. The minimum Gasteiger partial charge on any atom is -0.395 e. The van der Waals surface area contributed by atoms with Gasteiger partial charge in [0.25, 0.3) is 0 Å². The van der Waals surface area contributed by atoms with E-state index in [2.05, 4.69) is 16.9 Å². The summed E-state index contributed by atoms with van der Waals surface area (Å²) in [5.74, 6) is 5.66. The van der Waals surface area contributed by atoms with Crippen molar-refractivity contribution in [3.05, 3.63) is 39.8 Å². The molecule has 1 N–H and O–H groups in total. The van der Waals surface area contributed by atoms with Gasteiger partial charge in [-0.2, -0.15) is 18.3 Å². The number of alkyl halides is 3. The second-order valence-corrected chi connectivity index (χ2v) is 4.97. The molecule has 2 aromatic rings. The maximum Gasteiger partial charge on any atom is 0.435 e. The molecule has 0 aliphatic rings. The molecule has 0 unspecified atom stereocenters. The average Bonchev–Trinajstić information content (AvgIpc) is 2.99. The standard InChI is InChI=1S/C13H11F3N2OS/c14-13(15,16)12-4-5-18(17-12)8-11-7-10(9-20-11)3-1-2-6-19/h4-5,7,9,19H,2,6,8H2. The van der Waals surface area contributed by atoms with Crippen LogP contribution in [-0.2, 0) is 12.7 Å². The van der Waals surface area contributed by atoms with Crippen molar-refractivity contribution in [1.29, 1.82) is 0 Å². The van der Waals surface area contributed by atoms with Gasteiger partial charge in [-0.05, 0) is 12.1 Å². The number of nitrogens with zero attached hydrogens (tertiary/aromatic N) is 2. The van der Waals surface area contributed by atoms with E-state index in [1.807, 2.05) is 11.4 Å². The Morgan fingerprint density at radius 1 is 1.40 bits per heavy atom. The van der Waals surface area contributed by atoms with Gasteiger partial charge in [-0.1, -0.05) is 11.8 Å². The van der Waals surface area contributed by atoms with Crippen LogP contribution in [0, 0.1) is 11.8 Å². The summed E-state index contributed by atoms with van der Waals surface area (Å²) in [6.07, 6.45) is -2.71. The topological polar surface area (TPSA) is 38.0 Å². The Morgan fingerprint density at radius 3 is 2.85 bits per heavy atom. The molecule has 2 rings (SSSR count). The molecule has 0 saturated heterocycles. The van der Waals surface area contributed by atoms with Crippen LogP contribution in [0.15, 0.2) is 23.7 Å². The first-order valence-electron chi connectivity index (χ1n) is 5.77. The van der Waals surface area contributed by atoms with Crippen molar-refractivity contribution in [2.75, 3.05) is 6.61 Å². The van der Waals surface area contributed by atoms with Crippen LogP contribution >= 0.6 is 11.3 Å². The summed E-state index contributed by atoms with van der Waals surface area (Å²) in [7, 11) is 0. The van der Waals surface area contributed by atoms with Crippen LogP contribution in [0.4, 0.5) is 13.2 Å². The van der Waals surface area contributed by atoms with E-state index in [4.69, 9.17) is 5.11 Å². The lowest BCUT2D eigenvalue weighted by atomic mass is 10.3. The second kappa shape index (κ2) is 6.11. The van der Waals surface area contributed by atoms with Gasteiger partial charge < -0.3 is 5.11 Å². The summed E-state index contributed by atoms with van der Waals surface area (Å²) in [5.41, 5.74) is -0.0985. The van der Waals surface area contributed by atoms with E-state index >= 15 is 0 Å². The highest BCUT2D eigenvalue weighted by Crippen LogP contribution is 2.27. The highest BCUT2D eigenvalue weighted by atomic mass is 32.1. The summed E-state index contributed by atoms with van der Waals surface area (Å²) >= 11 is 1.41. The van der Waals surface area contributed by atoms with Crippen molar-refractivity contribution in [2.24, 2.45) is 0 Å².